The second-order valence-corrected chi connectivity index (χ2v) is 5.47. The maximum atomic E-state index is 11.3. The third-order valence-electron chi connectivity index (χ3n) is 2.35. The zero-order valence-corrected chi connectivity index (χ0v) is 11.3. The molecule has 0 spiro atoms. The number of hydrogen-bond donors (Lipinski definition) is 2. The maximum absolute atomic E-state index is 11.3. The van der Waals surface area contributed by atoms with E-state index >= 15 is 0 Å². The Hall–Kier alpha value is -1.36. The van der Waals surface area contributed by atoms with Gasteiger partial charge < -0.3 is 15.2 Å². The second kappa shape index (κ2) is 5.31. The van der Waals surface area contributed by atoms with Crippen LogP contribution in [0.1, 0.15) is 19.7 Å². The summed E-state index contributed by atoms with van der Waals surface area (Å²) in [5, 5.41) is 3.21. The first-order valence-electron chi connectivity index (χ1n) is 5.75. The van der Waals surface area contributed by atoms with Crippen LogP contribution < -0.4 is 10.9 Å². The minimum absolute atomic E-state index is 0.120. The standard InChI is InChI=1S/C12H22N4O/c1-9-14-10(6-11(17)15-9)13-7-12(2,3)8-16(4)5/h6H,7-8H2,1-5H3,(H2,13,14,15,17). The van der Waals surface area contributed by atoms with Crippen LogP contribution in [0.2, 0.25) is 0 Å². The molecule has 0 unspecified atom stereocenters. The maximum Gasteiger partial charge on any atom is 0.252 e. The Morgan fingerprint density at radius 1 is 1.47 bits per heavy atom. The van der Waals surface area contributed by atoms with Crippen molar-refractivity contribution in [3.8, 4) is 0 Å². The van der Waals surface area contributed by atoms with Gasteiger partial charge in [0.1, 0.15) is 11.6 Å². The fraction of sp³-hybridized carbons (Fsp3) is 0.667. The van der Waals surface area contributed by atoms with Crippen LogP contribution in [0, 0.1) is 12.3 Å². The first-order valence-corrected chi connectivity index (χ1v) is 5.75. The summed E-state index contributed by atoms with van der Waals surface area (Å²) in [5.41, 5.74) is 0.00669. The molecule has 5 nitrogen and oxygen atoms in total. The third-order valence-corrected chi connectivity index (χ3v) is 2.35. The van der Waals surface area contributed by atoms with Crippen molar-refractivity contribution in [1.82, 2.24) is 14.9 Å². The normalized spacial score (nSPS) is 11.9. The fourth-order valence-electron chi connectivity index (χ4n) is 1.91. The number of aromatic nitrogens is 2. The van der Waals surface area contributed by atoms with Gasteiger partial charge >= 0.3 is 0 Å². The molecule has 0 radical (unpaired) electrons. The average Bonchev–Trinajstić information content (AvgIpc) is 2.11. The molecule has 0 aliphatic heterocycles. The summed E-state index contributed by atoms with van der Waals surface area (Å²) in [4.78, 5) is 20.3. The summed E-state index contributed by atoms with van der Waals surface area (Å²) in [6, 6.07) is 1.48. The lowest BCUT2D eigenvalue weighted by atomic mass is 9.93. The van der Waals surface area contributed by atoms with Crippen LogP contribution in [-0.2, 0) is 0 Å². The largest absolute Gasteiger partial charge is 0.369 e. The Morgan fingerprint density at radius 3 is 2.65 bits per heavy atom. The summed E-state index contributed by atoms with van der Waals surface area (Å²) in [5.74, 6) is 1.27. The Bertz CT molecular complexity index is 423. The lowest BCUT2D eigenvalue weighted by molar-refractivity contribution is 0.254. The monoisotopic (exact) mass is 238 g/mol. The molecular formula is C12H22N4O. The summed E-state index contributed by atoms with van der Waals surface area (Å²) in [6.45, 7) is 7.89. The molecule has 0 aliphatic rings. The van der Waals surface area contributed by atoms with Crippen molar-refractivity contribution in [2.24, 2.45) is 5.41 Å². The number of nitrogens with zero attached hydrogens (tertiary/aromatic N) is 2. The van der Waals surface area contributed by atoms with Crippen LogP contribution >= 0.6 is 0 Å². The van der Waals surface area contributed by atoms with Crippen molar-refractivity contribution in [2.45, 2.75) is 20.8 Å². The zero-order chi connectivity index (χ0) is 13.1. The van der Waals surface area contributed by atoms with Crippen molar-refractivity contribution >= 4 is 5.82 Å². The fourth-order valence-corrected chi connectivity index (χ4v) is 1.91. The lowest BCUT2D eigenvalue weighted by Gasteiger charge is -2.28. The molecule has 0 aliphatic carbocycles. The molecule has 5 heteroatoms. The van der Waals surface area contributed by atoms with Gasteiger partial charge in [0.25, 0.3) is 5.56 Å². The number of rotatable bonds is 5. The molecule has 0 saturated carbocycles. The molecule has 17 heavy (non-hydrogen) atoms. The molecule has 1 heterocycles. The van der Waals surface area contributed by atoms with Gasteiger partial charge in [0.05, 0.1) is 0 Å². The van der Waals surface area contributed by atoms with Gasteiger partial charge in [-0.1, -0.05) is 13.8 Å². The third kappa shape index (κ3) is 4.99. The van der Waals surface area contributed by atoms with E-state index in [1.807, 2.05) is 0 Å². The highest BCUT2D eigenvalue weighted by Crippen LogP contribution is 2.16. The smallest absolute Gasteiger partial charge is 0.252 e. The van der Waals surface area contributed by atoms with E-state index in [2.05, 4.69) is 48.1 Å². The second-order valence-electron chi connectivity index (χ2n) is 5.47. The summed E-state index contributed by atoms with van der Waals surface area (Å²) in [6.07, 6.45) is 0. The van der Waals surface area contributed by atoms with Crippen LogP contribution in [0.15, 0.2) is 10.9 Å². The highest BCUT2D eigenvalue weighted by molar-refractivity contribution is 5.33. The SMILES string of the molecule is Cc1nc(NCC(C)(C)CN(C)C)cc(=O)[nH]1. The molecule has 1 aromatic heterocycles. The van der Waals surface area contributed by atoms with Crippen molar-refractivity contribution in [1.29, 1.82) is 0 Å². The van der Waals surface area contributed by atoms with Crippen molar-refractivity contribution in [2.75, 3.05) is 32.5 Å². The summed E-state index contributed by atoms with van der Waals surface area (Å²) in [7, 11) is 4.11. The van der Waals surface area contributed by atoms with E-state index in [4.69, 9.17) is 0 Å². The minimum Gasteiger partial charge on any atom is -0.369 e. The first kappa shape index (κ1) is 13.7. The van der Waals surface area contributed by atoms with Crippen LogP contribution in [-0.4, -0.2) is 42.1 Å². The van der Waals surface area contributed by atoms with Gasteiger partial charge in [-0.15, -0.1) is 0 Å². The van der Waals surface area contributed by atoms with E-state index < -0.39 is 0 Å². The molecule has 0 aromatic carbocycles. The molecule has 1 aromatic rings. The molecule has 0 atom stereocenters. The van der Waals surface area contributed by atoms with Gasteiger partial charge in [0, 0.05) is 19.2 Å². The van der Waals surface area contributed by atoms with Crippen molar-refractivity contribution < 1.29 is 0 Å². The molecule has 0 amide bonds. The number of hydrogen-bond acceptors (Lipinski definition) is 4. The van der Waals surface area contributed by atoms with Crippen LogP contribution in [0.4, 0.5) is 5.82 Å². The summed E-state index contributed by atoms with van der Waals surface area (Å²) < 4.78 is 0. The van der Waals surface area contributed by atoms with Gasteiger partial charge in [0.15, 0.2) is 0 Å². The van der Waals surface area contributed by atoms with E-state index in [9.17, 15) is 4.79 Å². The molecule has 0 fully saturated rings. The highest BCUT2D eigenvalue weighted by Gasteiger charge is 2.18. The Kier molecular flexibility index (Phi) is 4.28. The van der Waals surface area contributed by atoms with E-state index in [-0.39, 0.29) is 11.0 Å². The van der Waals surface area contributed by atoms with Crippen LogP contribution in [0.3, 0.4) is 0 Å². The molecular weight excluding hydrogens is 216 g/mol. The average molecular weight is 238 g/mol. The van der Waals surface area contributed by atoms with Crippen LogP contribution in [0.25, 0.3) is 0 Å². The quantitative estimate of drug-likeness (QED) is 0.806. The Morgan fingerprint density at radius 2 is 2.12 bits per heavy atom. The molecule has 96 valence electrons. The zero-order valence-electron chi connectivity index (χ0n) is 11.3. The Balaban J connectivity index is 2.63. The van der Waals surface area contributed by atoms with Crippen LogP contribution in [0.5, 0.6) is 0 Å². The molecule has 1 rings (SSSR count). The predicted octanol–water partition coefficient (Wildman–Crippen LogP) is 1.08. The topological polar surface area (TPSA) is 61.0 Å². The van der Waals surface area contributed by atoms with E-state index in [1.54, 1.807) is 6.92 Å². The van der Waals surface area contributed by atoms with E-state index in [0.29, 0.717) is 11.6 Å². The molecule has 0 bridgehead atoms. The number of aryl methyl sites for hydroxylation is 1. The minimum atomic E-state index is -0.120. The predicted molar refractivity (Wildman–Crippen MR) is 70.4 cm³/mol. The lowest BCUT2D eigenvalue weighted by Crippen LogP contribution is -2.34. The van der Waals surface area contributed by atoms with Crippen molar-refractivity contribution in [3.05, 3.63) is 22.2 Å². The molecule has 0 saturated heterocycles. The van der Waals surface area contributed by atoms with Gasteiger partial charge in [-0.2, -0.15) is 0 Å². The van der Waals surface area contributed by atoms with E-state index in [1.165, 1.54) is 6.07 Å². The van der Waals surface area contributed by atoms with Gasteiger partial charge in [0.2, 0.25) is 0 Å². The van der Waals surface area contributed by atoms with Crippen molar-refractivity contribution in [3.63, 3.8) is 0 Å². The first-order chi connectivity index (χ1) is 7.78. The summed E-state index contributed by atoms with van der Waals surface area (Å²) >= 11 is 0. The number of aromatic amines is 1. The Labute approximate surface area is 102 Å². The number of anilines is 1. The van der Waals surface area contributed by atoms with Gasteiger partial charge in [-0.25, -0.2) is 4.98 Å². The number of H-pyrrole nitrogens is 1. The highest BCUT2D eigenvalue weighted by atomic mass is 16.1. The van der Waals surface area contributed by atoms with E-state index in [0.717, 1.165) is 13.1 Å². The number of nitrogens with one attached hydrogen (secondary N) is 2. The van der Waals surface area contributed by atoms with Gasteiger partial charge in [-0.05, 0) is 26.4 Å². The molecule has 2 N–H and O–H groups in total. The van der Waals surface area contributed by atoms with Gasteiger partial charge in [-0.3, -0.25) is 4.79 Å².